The van der Waals surface area contributed by atoms with E-state index in [-0.39, 0.29) is 0 Å². The molecule has 0 fully saturated rings. The van der Waals surface area contributed by atoms with Crippen molar-refractivity contribution in [2.45, 2.75) is 12.7 Å². The lowest BCUT2D eigenvalue weighted by Gasteiger charge is -2.09. The molecule has 1 unspecified atom stereocenters. The Labute approximate surface area is 107 Å². The molecule has 0 heterocycles. The van der Waals surface area contributed by atoms with E-state index in [0.29, 0.717) is 6.61 Å². The number of hydrogen-bond acceptors (Lipinski definition) is 2. The number of rotatable bonds is 5. The third-order valence-electron chi connectivity index (χ3n) is 2.69. The van der Waals surface area contributed by atoms with Gasteiger partial charge in [0.15, 0.2) is 0 Å². The highest BCUT2D eigenvalue weighted by molar-refractivity contribution is 5.30. The Hall–Kier alpha value is -2.06. The van der Waals surface area contributed by atoms with Crippen LogP contribution in [0.25, 0.3) is 0 Å². The minimum Gasteiger partial charge on any atom is -0.489 e. The van der Waals surface area contributed by atoms with Crippen LogP contribution in [0.2, 0.25) is 0 Å². The van der Waals surface area contributed by atoms with E-state index in [4.69, 9.17) is 4.74 Å². The van der Waals surface area contributed by atoms with Crippen molar-refractivity contribution in [2.75, 3.05) is 0 Å². The van der Waals surface area contributed by atoms with Gasteiger partial charge in [-0.15, -0.1) is 6.58 Å². The molecule has 0 radical (unpaired) electrons. The Bertz CT molecular complexity index is 488. The second-order valence-electron chi connectivity index (χ2n) is 4.02. The first-order chi connectivity index (χ1) is 8.79. The van der Waals surface area contributed by atoms with Gasteiger partial charge >= 0.3 is 0 Å². The fourth-order valence-corrected chi connectivity index (χ4v) is 1.64. The Balaban J connectivity index is 1.96. The third kappa shape index (κ3) is 3.22. The quantitative estimate of drug-likeness (QED) is 0.811. The zero-order valence-corrected chi connectivity index (χ0v) is 10.1. The monoisotopic (exact) mass is 240 g/mol. The van der Waals surface area contributed by atoms with E-state index in [1.54, 1.807) is 0 Å². The van der Waals surface area contributed by atoms with Crippen molar-refractivity contribution < 1.29 is 9.84 Å². The van der Waals surface area contributed by atoms with Gasteiger partial charge in [0.05, 0.1) is 6.10 Å². The van der Waals surface area contributed by atoms with E-state index < -0.39 is 6.10 Å². The van der Waals surface area contributed by atoms with E-state index in [2.05, 4.69) is 6.58 Å². The molecule has 2 nitrogen and oxygen atoms in total. The van der Waals surface area contributed by atoms with Crippen molar-refractivity contribution in [3.8, 4) is 5.75 Å². The normalized spacial score (nSPS) is 11.8. The molecule has 1 atom stereocenters. The zero-order valence-electron chi connectivity index (χ0n) is 10.1. The van der Waals surface area contributed by atoms with Crippen LogP contribution in [-0.2, 0) is 6.61 Å². The summed E-state index contributed by atoms with van der Waals surface area (Å²) in [5.41, 5.74) is 1.95. The summed E-state index contributed by atoms with van der Waals surface area (Å²) in [6.07, 6.45) is 0.882. The van der Waals surface area contributed by atoms with Crippen LogP contribution in [0, 0.1) is 0 Å². The Kier molecular flexibility index (Phi) is 4.15. The summed E-state index contributed by atoms with van der Waals surface area (Å²) < 4.78 is 5.65. The number of aliphatic hydroxyl groups is 1. The second kappa shape index (κ2) is 6.03. The summed E-state index contributed by atoms with van der Waals surface area (Å²) in [6, 6.07) is 17.4. The molecule has 2 rings (SSSR count). The van der Waals surface area contributed by atoms with Gasteiger partial charge in [-0.3, -0.25) is 0 Å². The molecule has 0 aliphatic carbocycles. The summed E-state index contributed by atoms with van der Waals surface area (Å²) >= 11 is 0. The molecule has 0 aliphatic rings. The molecule has 0 saturated heterocycles. The first-order valence-corrected chi connectivity index (χ1v) is 5.87. The predicted molar refractivity (Wildman–Crippen MR) is 72.4 cm³/mol. The summed E-state index contributed by atoms with van der Waals surface area (Å²) in [6.45, 7) is 4.10. The first kappa shape index (κ1) is 12.4. The van der Waals surface area contributed by atoms with Gasteiger partial charge in [0.2, 0.25) is 0 Å². The van der Waals surface area contributed by atoms with E-state index in [1.807, 2.05) is 54.6 Å². The average molecular weight is 240 g/mol. The van der Waals surface area contributed by atoms with E-state index in [9.17, 15) is 5.11 Å². The summed E-state index contributed by atoms with van der Waals surface area (Å²) in [5.74, 6) is 0.791. The van der Waals surface area contributed by atoms with Crippen LogP contribution in [0.5, 0.6) is 5.75 Å². The lowest BCUT2D eigenvalue weighted by atomic mass is 10.1. The highest BCUT2D eigenvalue weighted by Gasteiger charge is 2.02. The fraction of sp³-hybridized carbons (Fsp3) is 0.125. The van der Waals surface area contributed by atoms with Crippen molar-refractivity contribution in [2.24, 2.45) is 0 Å². The average Bonchev–Trinajstić information content (AvgIpc) is 2.46. The molecule has 2 heteroatoms. The summed E-state index contributed by atoms with van der Waals surface area (Å²) in [7, 11) is 0. The van der Waals surface area contributed by atoms with E-state index in [1.165, 1.54) is 6.08 Å². The molecule has 2 aromatic rings. The van der Waals surface area contributed by atoms with Crippen LogP contribution in [-0.4, -0.2) is 5.11 Å². The van der Waals surface area contributed by atoms with Crippen LogP contribution >= 0.6 is 0 Å². The lowest BCUT2D eigenvalue weighted by Crippen LogP contribution is -1.96. The van der Waals surface area contributed by atoms with Crippen LogP contribution in [0.3, 0.4) is 0 Å². The molecule has 0 bridgehead atoms. The summed E-state index contributed by atoms with van der Waals surface area (Å²) in [4.78, 5) is 0. The van der Waals surface area contributed by atoms with Crippen molar-refractivity contribution in [1.29, 1.82) is 0 Å². The molecular weight excluding hydrogens is 224 g/mol. The minimum absolute atomic E-state index is 0.546. The predicted octanol–water partition coefficient (Wildman–Crippen LogP) is 3.49. The Morgan fingerprint density at radius 3 is 2.33 bits per heavy atom. The van der Waals surface area contributed by atoms with E-state index >= 15 is 0 Å². The summed E-state index contributed by atoms with van der Waals surface area (Å²) in [5, 5.41) is 9.57. The van der Waals surface area contributed by atoms with Gasteiger partial charge in [0, 0.05) is 0 Å². The molecule has 0 saturated carbocycles. The van der Waals surface area contributed by atoms with Crippen LogP contribution in [0.4, 0.5) is 0 Å². The van der Waals surface area contributed by atoms with Crippen LogP contribution in [0.1, 0.15) is 17.2 Å². The van der Waals surface area contributed by atoms with Gasteiger partial charge in [0.1, 0.15) is 12.4 Å². The molecule has 0 aliphatic heterocycles. The molecule has 92 valence electrons. The topological polar surface area (TPSA) is 29.5 Å². The van der Waals surface area contributed by atoms with Gasteiger partial charge in [-0.25, -0.2) is 0 Å². The smallest absolute Gasteiger partial charge is 0.119 e. The molecule has 18 heavy (non-hydrogen) atoms. The molecule has 1 N–H and O–H groups in total. The maximum atomic E-state index is 9.57. The van der Waals surface area contributed by atoms with Gasteiger partial charge in [0.25, 0.3) is 0 Å². The Morgan fingerprint density at radius 2 is 1.72 bits per heavy atom. The number of aliphatic hydroxyl groups excluding tert-OH is 1. The molecule has 0 amide bonds. The lowest BCUT2D eigenvalue weighted by molar-refractivity contribution is 0.229. The first-order valence-electron chi connectivity index (χ1n) is 5.87. The fourth-order valence-electron chi connectivity index (χ4n) is 1.64. The van der Waals surface area contributed by atoms with Crippen LogP contribution < -0.4 is 4.74 Å². The molecule has 0 spiro atoms. The standard InChI is InChI=1S/C16H16O2/c1-2-16(17)14-8-10-15(11-9-14)18-12-13-6-4-3-5-7-13/h2-11,16-17H,1,12H2. The zero-order chi connectivity index (χ0) is 12.8. The maximum Gasteiger partial charge on any atom is 0.119 e. The van der Waals surface area contributed by atoms with Gasteiger partial charge < -0.3 is 9.84 Å². The molecule has 2 aromatic carbocycles. The Morgan fingerprint density at radius 1 is 1.06 bits per heavy atom. The number of benzene rings is 2. The van der Waals surface area contributed by atoms with Crippen molar-refractivity contribution in [3.05, 3.63) is 78.4 Å². The molecule has 0 aromatic heterocycles. The van der Waals surface area contributed by atoms with Gasteiger partial charge in [-0.05, 0) is 23.3 Å². The van der Waals surface area contributed by atoms with Gasteiger partial charge in [-0.1, -0.05) is 48.5 Å². The van der Waals surface area contributed by atoms with Crippen molar-refractivity contribution >= 4 is 0 Å². The van der Waals surface area contributed by atoms with Crippen molar-refractivity contribution in [1.82, 2.24) is 0 Å². The van der Waals surface area contributed by atoms with Gasteiger partial charge in [-0.2, -0.15) is 0 Å². The SMILES string of the molecule is C=CC(O)c1ccc(OCc2ccccc2)cc1. The highest BCUT2D eigenvalue weighted by Crippen LogP contribution is 2.19. The number of ether oxygens (including phenoxy) is 1. The van der Waals surface area contributed by atoms with Crippen molar-refractivity contribution in [3.63, 3.8) is 0 Å². The minimum atomic E-state index is -0.617. The van der Waals surface area contributed by atoms with E-state index in [0.717, 1.165) is 16.9 Å². The second-order valence-corrected chi connectivity index (χ2v) is 4.02. The largest absolute Gasteiger partial charge is 0.489 e. The third-order valence-corrected chi connectivity index (χ3v) is 2.69. The van der Waals surface area contributed by atoms with Crippen LogP contribution in [0.15, 0.2) is 67.3 Å². The highest BCUT2D eigenvalue weighted by atomic mass is 16.5. The maximum absolute atomic E-state index is 9.57. The number of hydrogen-bond donors (Lipinski definition) is 1. The molecular formula is C16H16O2.